The third kappa shape index (κ3) is 6.91. The lowest BCUT2D eigenvalue weighted by Gasteiger charge is -2.13. The van der Waals surface area contributed by atoms with Crippen molar-refractivity contribution in [1.82, 2.24) is 9.80 Å². The van der Waals surface area contributed by atoms with Gasteiger partial charge in [-0.25, -0.2) is 0 Å². The highest BCUT2D eigenvalue weighted by Crippen LogP contribution is 2.27. The molecule has 0 atom stereocenters. The topological polar surface area (TPSA) is 32.8 Å². The maximum Gasteiger partial charge on any atom is 0.186 e. The van der Waals surface area contributed by atoms with Crippen LogP contribution in [0.3, 0.4) is 0 Å². The Hall–Kier alpha value is -3.21. The maximum atomic E-state index is 13.0. The van der Waals surface area contributed by atoms with E-state index in [1.807, 2.05) is 82.8 Å². The molecule has 0 saturated carbocycles. The number of allylic oxidation sites excluding steroid dienone is 1. The van der Waals surface area contributed by atoms with Crippen LogP contribution in [0.5, 0.6) is 5.75 Å². The molecule has 3 rings (SSSR count). The molecule has 0 bridgehead atoms. The van der Waals surface area contributed by atoms with Crippen LogP contribution in [0.2, 0.25) is 0 Å². The van der Waals surface area contributed by atoms with Crippen LogP contribution < -0.4 is 4.74 Å². The summed E-state index contributed by atoms with van der Waals surface area (Å²) in [6, 6.07) is 24.1. The molecule has 0 unspecified atom stereocenters. The second kappa shape index (κ2) is 11.4. The molecule has 0 aromatic heterocycles. The van der Waals surface area contributed by atoms with E-state index in [4.69, 9.17) is 4.74 Å². The predicted molar refractivity (Wildman–Crippen MR) is 133 cm³/mol. The number of likely N-dealkylation sites (N-methyl/N-ethyl adjacent to an activating group) is 1. The average molecular weight is 429 g/mol. The van der Waals surface area contributed by atoms with Crippen LogP contribution in [0, 0.1) is 0 Å². The highest BCUT2D eigenvalue weighted by atomic mass is 16.5. The lowest BCUT2D eigenvalue weighted by Crippen LogP contribution is -2.19. The van der Waals surface area contributed by atoms with E-state index in [-0.39, 0.29) is 5.78 Å². The van der Waals surface area contributed by atoms with Crippen molar-refractivity contribution in [3.8, 4) is 16.9 Å². The number of carbonyl (C=O) groups excluding carboxylic acids is 1. The first-order valence-corrected chi connectivity index (χ1v) is 10.9. The smallest absolute Gasteiger partial charge is 0.186 e. The summed E-state index contributed by atoms with van der Waals surface area (Å²) in [5.41, 5.74) is 4.87. The van der Waals surface area contributed by atoms with Crippen LogP contribution in [-0.4, -0.2) is 56.9 Å². The van der Waals surface area contributed by atoms with Crippen LogP contribution in [0.4, 0.5) is 0 Å². The second-order valence-corrected chi connectivity index (χ2v) is 8.40. The van der Waals surface area contributed by atoms with Crippen molar-refractivity contribution in [3.05, 3.63) is 95.6 Å². The molecule has 0 heterocycles. The molecule has 0 saturated heterocycles. The van der Waals surface area contributed by atoms with Crippen LogP contribution in [-0.2, 0) is 6.54 Å². The van der Waals surface area contributed by atoms with E-state index in [0.29, 0.717) is 6.61 Å². The van der Waals surface area contributed by atoms with Crippen LogP contribution in [0.15, 0.2) is 78.9 Å². The van der Waals surface area contributed by atoms with Crippen molar-refractivity contribution in [2.24, 2.45) is 0 Å². The number of hydrogen-bond acceptors (Lipinski definition) is 4. The molecule has 166 valence electrons. The summed E-state index contributed by atoms with van der Waals surface area (Å²) >= 11 is 0. The van der Waals surface area contributed by atoms with Gasteiger partial charge in [0.15, 0.2) is 5.78 Å². The predicted octanol–water partition coefficient (Wildman–Crippen LogP) is 5.25. The van der Waals surface area contributed by atoms with Gasteiger partial charge < -0.3 is 14.5 Å². The molecular weight excluding hydrogens is 396 g/mol. The Balaban J connectivity index is 1.87. The van der Waals surface area contributed by atoms with Crippen molar-refractivity contribution >= 4 is 11.9 Å². The minimum absolute atomic E-state index is 0.00244. The summed E-state index contributed by atoms with van der Waals surface area (Å²) in [5.74, 6) is 0.802. The number of nitrogens with zero attached hydrogens (tertiary/aromatic N) is 2. The Morgan fingerprint density at radius 1 is 0.844 bits per heavy atom. The van der Waals surface area contributed by atoms with E-state index in [1.54, 1.807) is 6.08 Å². The van der Waals surface area contributed by atoms with Gasteiger partial charge in [0.2, 0.25) is 0 Å². The van der Waals surface area contributed by atoms with Gasteiger partial charge in [-0.1, -0.05) is 60.7 Å². The van der Waals surface area contributed by atoms with Gasteiger partial charge in [0.25, 0.3) is 0 Å². The lowest BCUT2D eigenvalue weighted by molar-refractivity contribution is 0.104. The van der Waals surface area contributed by atoms with Crippen molar-refractivity contribution in [2.45, 2.75) is 6.54 Å². The lowest BCUT2D eigenvalue weighted by atomic mass is 10.0. The zero-order valence-corrected chi connectivity index (χ0v) is 19.4. The van der Waals surface area contributed by atoms with Gasteiger partial charge in [-0.15, -0.1) is 0 Å². The molecule has 4 nitrogen and oxygen atoms in total. The normalized spacial score (nSPS) is 11.4. The third-order valence-electron chi connectivity index (χ3n) is 5.04. The molecule has 0 radical (unpaired) electrons. The fraction of sp³-hybridized carbons (Fsp3) is 0.250. The highest BCUT2D eigenvalue weighted by molar-refractivity contribution is 6.07. The van der Waals surface area contributed by atoms with Crippen LogP contribution in [0.1, 0.15) is 21.5 Å². The SMILES string of the molecule is CN(C)CCOc1cc(C=CC(=O)c2ccccc2CN(C)C)cc(-c2ccccc2)c1. The van der Waals surface area contributed by atoms with Gasteiger partial charge in [-0.3, -0.25) is 4.79 Å². The summed E-state index contributed by atoms with van der Waals surface area (Å²) < 4.78 is 6.01. The number of ether oxygens (including phenoxy) is 1. The quantitative estimate of drug-likeness (QED) is 0.326. The Morgan fingerprint density at radius 3 is 2.28 bits per heavy atom. The molecule has 0 amide bonds. The van der Waals surface area contributed by atoms with E-state index in [0.717, 1.165) is 46.7 Å². The Bertz CT molecular complexity index is 1060. The number of rotatable bonds is 10. The van der Waals surface area contributed by atoms with E-state index < -0.39 is 0 Å². The largest absolute Gasteiger partial charge is 0.492 e. The highest BCUT2D eigenvalue weighted by Gasteiger charge is 2.09. The molecule has 0 aliphatic heterocycles. The summed E-state index contributed by atoms with van der Waals surface area (Å²) in [5, 5.41) is 0. The molecule has 0 aliphatic rings. The zero-order chi connectivity index (χ0) is 22.9. The molecule has 3 aromatic carbocycles. The molecular formula is C28H32N2O2. The molecule has 0 spiro atoms. The summed E-state index contributed by atoms with van der Waals surface area (Å²) in [7, 11) is 8.06. The van der Waals surface area contributed by atoms with Gasteiger partial charge in [-0.2, -0.15) is 0 Å². The van der Waals surface area contributed by atoms with E-state index in [1.165, 1.54) is 0 Å². The molecule has 0 N–H and O–H groups in total. The monoisotopic (exact) mass is 428 g/mol. The van der Waals surface area contributed by atoms with Crippen molar-refractivity contribution < 1.29 is 9.53 Å². The van der Waals surface area contributed by atoms with Gasteiger partial charge in [0, 0.05) is 18.7 Å². The number of carbonyl (C=O) groups is 1. The van der Waals surface area contributed by atoms with E-state index in [9.17, 15) is 4.79 Å². The molecule has 0 fully saturated rings. The molecule has 4 heteroatoms. The van der Waals surface area contributed by atoms with Gasteiger partial charge in [-0.05, 0) is 74.7 Å². The fourth-order valence-electron chi connectivity index (χ4n) is 3.45. The number of ketones is 1. The average Bonchev–Trinajstić information content (AvgIpc) is 2.78. The van der Waals surface area contributed by atoms with Crippen molar-refractivity contribution in [1.29, 1.82) is 0 Å². The van der Waals surface area contributed by atoms with Crippen LogP contribution in [0.25, 0.3) is 17.2 Å². The number of benzene rings is 3. The maximum absolute atomic E-state index is 13.0. The van der Waals surface area contributed by atoms with Crippen molar-refractivity contribution in [2.75, 3.05) is 41.3 Å². The molecule has 0 aliphatic carbocycles. The fourth-order valence-corrected chi connectivity index (χ4v) is 3.45. The van der Waals surface area contributed by atoms with Crippen molar-refractivity contribution in [3.63, 3.8) is 0 Å². The minimum atomic E-state index is 0.00244. The first kappa shape index (κ1) is 23.5. The summed E-state index contributed by atoms with van der Waals surface area (Å²) in [6.45, 7) is 2.16. The van der Waals surface area contributed by atoms with E-state index in [2.05, 4.69) is 34.1 Å². The van der Waals surface area contributed by atoms with Gasteiger partial charge >= 0.3 is 0 Å². The third-order valence-corrected chi connectivity index (χ3v) is 5.04. The van der Waals surface area contributed by atoms with Gasteiger partial charge in [0.1, 0.15) is 12.4 Å². The zero-order valence-electron chi connectivity index (χ0n) is 19.4. The summed E-state index contributed by atoms with van der Waals surface area (Å²) in [4.78, 5) is 17.1. The van der Waals surface area contributed by atoms with Crippen LogP contribution >= 0.6 is 0 Å². The Kier molecular flexibility index (Phi) is 8.37. The van der Waals surface area contributed by atoms with Gasteiger partial charge in [0.05, 0.1) is 0 Å². The minimum Gasteiger partial charge on any atom is -0.492 e. The standard InChI is InChI=1S/C28H32N2O2/c1-29(2)16-17-32-26-19-22(18-25(20-26)23-10-6-5-7-11-23)14-15-28(31)27-13-9-8-12-24(27)21-30(3)4/h5-15,18-20H,16-17,21H2,1-4H3. The molecule has 32 heavy (non-hydrogen) atoms. The second-order valence-electron chi connectivity index (χ2n) is 8.40. The first-order valence-electron chi connectivity index (χ1n) is 10.9. The molecule has 3 aromatic rings. The first-order chi connectivity index (χ1) is 15.4. The number of hydrogen-bond donors (Lipinski definition) is 0. The summed E-state index contributed by atoms with van der Waals surface area (Å²) in [6.07, 6.45) is 3.53. The van der Waals surface area contributed by atoms with E-state index >= 15 is 0 Å². The Labute approximate surface area is 191 Å². The Morgan fingerprint density at radius 2 is 1.56 bits per heavy atom.